The Balaban J connectivity index is 1.85. The van der Waals surface area contributed by atoms with E-state index in [4.69, 9.17) is 0 Å². The summed E-state index contributed by atoms with van der Waals surface area (Å²) < 4.78 is 0. The van der Waals surface area contributed by atoms with E-state index in [9.17, 15) is 0 Å². The van der Waals surface area contributed by atoms with Gasteiger partial charge in [0.25, 0.3) is 0 Å². The molecule has 0 nitrogen and oxygen atoms in total. The predicted molar refractivity (Wildman–Crippen MR) is 78.9 cm³/mol. The maximum Gasteiger partial charge on any atom is -0.00973 e. The van der Waals surface area contributed by atoms with Crippen molar-refractivity contribution in [1.82, 2.24) is 0 Å². The van der Waals surface area contributed by atoms with Crippen LogP contribution in [0, 0.1) is 13.8 Å². The summed E-state index contributed by atoms with van der Waals surface area (Å²) >= 11 is 0. The summed E-state index contributed by atoms with van der Waals surface area (Å²) in [6.07, 6.45) is 6.55. The molecule has 0 saturated carbocycles. The molecular formula is C18H20. The third-order valence-corrected chi connectivity index (χ3v) is 3.11. The molecule has 0 fully saturated rings. The maximum absolute atomic E-state index is 2.25. The highest BCUT2D eigenvalue weighted by Gasteiger charge is 1.90. The summed E-state index contributed by atoms with van der Waals surface area (Å²) in [4.78, 5) is 0. The molecule has 0 spiro atoms. The maximum atomic E-state index is 2.25. The van der Waals surface area contributed by atoms with Gasteiger partial charge in [-0.1, -0.05) is 71.8 Å². The zero-order valence-corrected chi connectivity index (χ0v) is 11.2. The minimum atomic E-state index is 1.02. The topological polar surface area (TPSA) is 0 Å². The molecule has 0 aliphatic carbocycles. The average molecular weight is 236 g/mol. The van der Waals surface area contributed by atoms with E-state index >= 15 is 0 Å². The van der Waals surface area contributed by atoms with Crippen molar-refractivity contribution >= 4 is 0 Å². The number of hydrogen-bond acceptors (Lipinski definition) is 0. The van der Waals surface area contributed by atoms with Crippen molar-refractivity contribution in [2.75, 3.05) is 0 Å². The van der Waals surface area contributed by atoms with Gasteiger partial charge in [0.2, 0.25) is 0 Å². The molecule has 0 bridgehead atoms. The first-order chi connectivity index (χ1) is 8.74. The van der Waals surface area contributed by atoms with Crippen molar-refractivity contribution in [3.05, 3.63) is 82.9 Å². The van der Waals surface area contributed by atoms with Crippen molar-refractivity contribution in [2.24, 2.45) is 0 Å². The van der Waals surface area contributed by atoms with Gasteiger partial charge in [-0.25, -0.2) is 0 Å². The first-order valence-electron chi connectivity index (χ1n) is 6.50. The molecule has 2 aromatic rings. The highest BCUT2D eigenvalue weighted by molar-refractivity contribution is 5.25. The SMILES string of the molecule is Cc1ccc(CC=CCc2ccc(C)cc2)cc1. The predicted octanol–water partition coefficient (Wildman–Crippen LogP) is 4.64. The molecule has 0 heteroatoms. The lowest BCUT2D eigenvalue weighted by Gasteiger charge is -1.98. The minimum Gasteiger partial charge on any atom is -0.0838 e. The van der Waals surface area contributed by atoms with Gasteiger partial charge in [-0.2, -0.15) is 0 Å². The fourth-order valence-corrected chi connectivity index (χ4v) is 1.89. The molecule has 0 unspecified atom stereocenters. The monoisotopic (exact) mass is 236 g/mol. The Hall–Kier alpha value is -1.82. The zero-order valence-electron chi connectivity index (χ0n) is 11.2. The first-order valence-corrected chi connectivity index (χ1v) is 6.50. The van der Waals surface area contributed by atoms with Crippen LogP contribution < -0.4 is 0 Å². The van der Waals surface area contributed by atoms with Gasteiger partial charge >= 0.3 is 0 Å². The molecule has 2 rings (SSSR count). The van der Waals surface area contributed by atoms with E-state index < -0.39 is 0 Å². The number of hydrogen-bond donors (Lipinski definition) is 0. The largest absolute Gasteiger partial charge is 0.0838 e. The van der Waals surface area contributed by atoms with Crippen LogP contribution in [0.3, 0.4) is 0 Å². The Morgan fingerprint density at radius 1 is 0.611 bits per heavy atom. The van der Waals surface area contributed by atoms with Crippen LogP contribution >= 0.6 is 0 Å². The smallest absolute Gasteiger partial charge is 0.00973 e. The van der Waals surface area contributed by atoms with Crippen LogP contribution in [0.5, 0.6) is 0 Å². The number of aryl methyl sites for hydroxylation is 2. The van der Waals surface area contributed by atoms with Crippen LogP contribution in [0.15, 0.2) is 60.7 Å². The fourth-order valence-electron chi connectivity index (χ4n) is 1.89. The summed E-state index contributed by atoms with van der Waals surface area (Å²) in [5, 5.41) is 0. The van der Waals surface area contributed by atoms with Crippen molar-refractivity contribution in [3.63, 3.8) is 0 Å². The van der Waals surface area contributed by atoms with E-state index in [0.29, 0.717) is 0 Å². The Kier molecular flexibility index (Phi) is 4.35. The first kappa shape index (κ1) is 12.6. The summed E-state index contributed by atoms with van der Waals surface area (Å²) in [7, 11) is 0. The molecule has 2 aromatic carbocycles. The highest BCUT2D eigenvalue weighted by Crippen LogP contribution is 2.06. The Morgan fingerprint density at radius 2 is 0.944 bits per heavy atom. The molecule has 0 atom stereocenters. The molecule has 0 aliphatic rings. The third kappa shape index (κ3) is 3.89. The van der Waals surface area contributed by atoms with Crippen LogP contribution in [0.1, 0.15) is 22.3 Å². The quantitative estimate of drug-likeness (QED) is 0.678. The molecule has 0 amide bonds. The van der Waals surface area contributed by atoms with Crippen molar-refractivity contribution < 1.29 is 0 Å². The van der Waals surface area contributed by atoms with E-state index in [-0.39, 0.29) is 0 Å². The Morgan fingerprint density at radius 3 is 1.28 bits per heavy atom. The lowest BCUT2D eigenvalue weighted by atomic mass is 10.1. The van der Waals surface area contributed by atoms with Crippen LogP contribution in [-0.4, -0.2) is 0 Å². The van der Waals surface area contributed by atoms with Crippen LogP contribution in [0.4, 0.5) is 0 Å². The third-order valence-electron chi connectivity index (χ3n) is 3.11. The fraction of sp³-hybridized carbons (Fsp3) is 0.222. The minimum absolute atomic E-state index is 1.02. The van der Waals surface area contributed by atoms with Gasteiger partial charge in [-0.05, 0) is 37.8 Å². The van der Waals surface area contributed by atoms with Gasteiger partial charge in [-0.15, -0.1) is 0 Å². The molecule has 0 N–H and O–H groups in total. The average Bonchev–Trinajstić information content (AvgIpc) is 2.39. The molecule has 0 radical (unpaired) electrons. The Bertz CT molecular complexity index is 451. The highest BCUT2D eigenvalue weighted by atomic mass is 14.0. The molecule has 0 aromatic heterocycles. The van der Waals surface area contributed by atoms with Gasteiger partial charge in [0.05, 0.1) is 0 Å². The molecule has 18 heavy (non-hydrogen) atoms. The van der Waals surface area contributed by atoms with Crippen LogP contribution in [-0.2, 0) is 12.8 Å². The molecule has 0 aliphatic heterocycles. The molecule has 0 saturated heterocycles. The van der Waals surface area contributed by atoms with Crippen molar-refractivity contribution in [1.29, 1.82) is 0 Å². The lowest BCUT2D eigenvalue weighted by molar-refractivity contribution is 1.20. The number of rotatable bonds is 4. The molecular weight excluding hydrogens is 216 g/mol. The molecule has 92 valence electrons. The van der Waals surface area contributed by atoms with E-state index in [1.54, 1.807) is 0 Å². The summed E-state index contributed by atoms with van der Waals surface area (Å²) in [6, 6.07) is 17.5. The summed E-state index contributed by atoms with van der Waals surface area (Å²) in [5.41, 5.74) is 5.39. The van der Waals surface area contributed by atoms with Gasteiger partial charge in [-0.3, -0.25) is 0 Å². The normalized spacial score (nSPS) is 11.0. The van der Waals surface area contributed by atoms with E-state index in [0.717, 1.165) is 12.8 Å². The van der Waals surface area contributed by atoms with E-state index in [1.807, 2.05) is 0 Å². The summed E-state index contributed by atoms with van der Waals surface area (Å²) in [5.74, 6) is 0. The van der Waals surface area contributed by atoms with Gasteiger partial charge < -0.3 is 0 Å². The lowest BCUT2D eigenvalue weighted by Crippen LogP contribution is -1.83. The van der Waals surface area contributed by atoms with Crippen molar-refractivity contribution in [3.8, 4) is 0 Å². The zero-order chi connectivity index (χ0) is 12.8. The second-order valence-corrected chi connectivity index (χ2v) is 4.85. The standard InChI is InChI=1S/C18H20/c1-15-7-11-17(12-8-15)5-3-4-6-18-13-9-16(2)10-14-18/h3-4,7-14H,5-6H2,1-2H3. The van der Waals surface area contributed by atoms with Crippen molar-refractivity contribution in [2.45, 2.75) is 26.7 Å². The van der Waals surface area contributed by atoms with Gasteiger partial charge in [0, 0.05) is 0 Å². The second kappa shape index (κ2) is 6.20. The van der Waals surface area contributed by atoms with E-state index in [2.05, 4.69) is 74.5 Å². The Labute approximate surface area is 110 Å². The van der Waals surface area contributed by atoms with E-state index in [1.165, 1.54) is 22.3 Å². The van der Waals surface area contributed by atoms with Gasteiger partial charge in [0.15, 0.2) is 0 Å². The van der Waals surface area contributed by atoms with Gasteiger partial charge in [0.1, 0.15) is 0 Å². The second-order valence-electron chi connectivity index (χ2n) is 4.85. The molecule has 0 heterocycles. The number of benzene rings is 2. The van der Waals surface area contributed by atoms with Crippen LogP contribution in [0.2, 0.25) is 0 Å². The van der Waals surface area contributed by atoms with Crippen LogP contribution in [0.25, 0.3) is 0 Å². The number of allylic oxidation sites excluding steroid dienone is 2. The summed E-state index contributed by atoms with van der Waals surface area (Å²) in [6.45, 7) is 4.24.